The Labute approximate surface area is 153 Å². The Bertz CT molecular complexity index is 744. The van der Waals surface area contributed by atoms with Crippen molar-refractivity contribution in [1.29, 1.82) is 0 Å². The lowest BCUT2D eigenvalue weighted by molar-refractivity contribution is -0.140. The number of esters is 1. The largest absolute Gasteiger partial charge is 0.469 e. The Morgan fingerprint density at radius 2 is 1.88 bits per heavy atom. The van der Waals surface area contributed by atoms with Gasteiger partial charge in [0.1, 0.15) is 0 Å². The van der Waals surface area contributed by atoms with Crippen molar-refractivity contribution in [2.75, 3.05) is 7.11 Å². The van der Waals surface area contributed by atoms with E-state index in [0.29, 0.717) is 17.6 Å². The number of methoxy groups -OCH3 is 1. The second-order valence-electron chi connectivity index (χ2n) is 5.92. The highest BCUT2D eigenvalue weighted by Gasteiger charge is 2.22. The molecule has 130 valence electrons. The van der Waals surface area contributed by atoms with E-state index in [0.717, 1.165) is 4.90 Å². The number of Topliss-reactive ketones (excluding diaryl/α,β-unsaturated/α-hetero) is 1. The molecule has 25 heavy (non-hydrogen) atoms. The van der Waals surface area contributed by atoms with Gasteiger partial charge in [-0.05, 0) is 31.1 Å². The first-order valence-electron chi connectivity index (χ1n) is 8.05. The third-order valence-electron chi connectivity index (χ3n) is 3.82. The molecule has 1 aliphatic rings. The lowest BCUT2D eigenvalue weighted by atomic mass is 10.00. The Morgan fingerprint density at radius 1 is 1.16 bits per heavy atom. The van der Waals surface area contributed by atoms with Gasteiger partial charge in [0, 0.05) is 16.9 Å². The second-order valence-corrected chi connectivity index (χ2v) is 7.48. The Hall–Kier alpha value is -2.33. The summed E-state index contributed by atoms with van der Waals surface area (Å²) in [4.78, 5) is 24.9. The minimum Gasteiger partial charge on any atom is -0.469 e. The summed E-state index contributed by atoms with van der Waals surface area (Å²) in [5.74, 6) is -0.482. The monoisotopic (exact) mass is 354 g/mol. The minimum atomic E-state index is -0.342. The molecule has 0 saturated heterocycles. The van der Waals surface area contributed by atoms with E-state index in [1.165, 1.54) is 7.11 Å². The van der Waals surface area contributed by atoms with Crippen LogP contribution in [0.5, 0.6) is 0 Å². The van der Waals surface area contributed by atoms with Crippen molar-refractivity contribution in [3.63, 3.8) is 0 Å². The van der Waals surface area contributed by atoms with Crippen LogP contribution in [0.25, 0.3) is 0 Å². The van der Waals surface area contributed by atoms with Gasteiger partial charge < -0.3 is 4.74 Å². The molecule has 0 aliphatic heterocycles. The standard InChI is InChI=1S/C21H22O3S/c1-16(11-12-19(22)24-3)20(23)17-8-7-14-21(2,15-13-17)25-18-9-5-4-6-10-18/h4-10,13-15H,1,11-12H2,2-3H3. The van der Waals surface area contributed by atoms with Crippen LogP contribution in [0.15, 0.2) is 83.3 Å². The number of thioether (sulfide) groups is 1. The number of hydrogen-bond donors (Lipinski definition) is 0. The average molecular weight is 354 g/mol. The summed E-state index contributed by atoms with van der Waals surface area (Å²) in [6.45, 7) is 5.91. The van der Waals surface area contributed by atoms with Gasteiger partial charge in [0.05, 0.1) is 11.9 Å². The molecule has 1 unspecified atom stereocenters. The summed E-state index contributed by atoms with van der Waals surface area (Å²) >= 11 is 1.72. The molecule has 1 aromatic carbocycles. The fourth-order valence-electron chi connectivity index (χ4n) is 2.34. The molecular formula is C21H22O3S. The molecule has 0 N–H and O–H groups in total. The maximum Gasteiger partial charge on any atom is 0.305 e. The number of allylic oxidation sites excluding steroid dienone is 5. The summed E-state index contributed by atoms with van der Waals surface area (Å²) in [5, 5.41) is 0. The van der Waals surface area contributed by atoms with Gasteiger partial charge >= 0.3 is 5.97 Å². The van der Waals surface area contributed by atoms with E-state index in [9.17, 15) is 9.59 Å². The average Bonchev–Trinajstić information content (AvgIpc) is 2.81. The number of carbonyl (C=O) groups excluding carboxylic acids is 2. The molecule has 0 bridgehead atoms. The van der Waals surface area contributed by atoms with Gasteiger partial charge in [-0.1, -0.05) is 55.2 Å². The molecule has 0 aromatic heterocycles. The molecule has 0 radical (unpaired) electrons. The van der Waals surface area contributed by atoms with Crippen molar-refractivity contribution in [2.24, 2.45) is 0 Å². The molecule has 3 nitrogen and oxygen atoms in total. The lowest BCUT2D eigenvalue weighted by Crippen LogP contribution is -2.12. The second kappa shape index (κ2) is 8.67. The highest BCUT2D eigenvalue weighted by molar-refractivity contribution is 8.01. The van der Waals surface area contributed by atoms with Gasteiger partial charge in [-0.2, -0.15) is 0 Å². The van der Waals surface area contributed by atoms with Crippen molar-refractivity contribution in [3.05, 3.63) is 78.4 Å². The summed E-state index contributed by atoms with van der Waals surface area (Å²) in [6, 6.07) is 10.1. The minimum absolute atomic E-state index is 0.140. The van der Waals surface area contributed by atoms with E-state index in [4.69, 9.17) is 0 Å². The third kappa shape index (κ3) is 5.61. The van der Waals surface area contributed by atoms with Gasteiger partial charge in [0.25, 0.3) is 0 Å². The van der Waals surface area contributed by atoms with Crippen LogP contribution in [0, 0.1) is 0 Å². The van der Waals surface area contributed by atoms with Gasteiger partial charge in [0.15, 0.2) is 5.78 Å². The van der Waals surface area contributed by atoms with Gasteiger partial charge in [-0.25, -0.2) is 0 Å². The van der Waals surface area contributed by atoms with Crippen LogP contribution in [-0.4, -0.2) is 23.6 Å². The fourth-order valence-corrected chi connectivity index (χ4v) is 3.43. The van der Waals surface area contributed by atoms with E-state index in [1.54, 1.807) is 17.8 Å². The smallest absolute Gasteiger partial charge is 0.305 e. The Balaban J connectivity index is 2.04. The first kappa shape index (κ1) is 19.0. The Kier molecular flexibility index (Phi) is 6.59. The first-order chi connectivity index (χ1) is 11.9. The van der Waals surface area contributed by atoms with Crippen LogP contribution in [0.3, 0.4) is 0 Å². The van der Waals surface area contributed by atoms with Crippen molar-refractivity contribution in [2.45, 2.75) is 29.4 Å². The maximum absolute atomic E-state index is 12.5. The summed E-state index contributed by atoms with van der Waals surface area (Å²) in [5.41, 5.74) is 0.984. The Morgan fingerprint density at radius 3 is 2.56 bits per heavy atom. The van der Waals surface area contributed by atoms with Crippen LogP contribution in [-0.2, 0) is 14.3 Å². The predicted octanol–water partition coefficient (Wildman–Crippen LogP) is 4.67. The molecule has 1 aromatic rings. The molecule has 0 spiro atoms. The fraction of sp³-hybridized carbons (Fsp3) is 0.238. The zero-order chi connectivity index (χ0) is 18.3. The first-order valence-corrected chi connectivity index (χ1v) is 8.87. The number of ether oxygens (including phenoxy) is 1. The number of rotatable bonds is 7. The zero-order valence-electron chi connectivity index (χ0n) is 14.5. The molecule has 0 saturated carbocycles. The molecule has 1 aliphatic carbocycles. The molecule has 0 heterocycles. The van der Waals surface area contributed by atoms with E-state index in [1.807, 2.05) is 36.4 Å². The van der Waals surface area contributed by atoms with Crippen LogP contribution < -0.4 is 0 Å². The van der Waals surface area contributed by atoms with Crippen LogP contribution in [0.2, 0.25) is 0 Å². The van der Waals surface area contributed by atoms with E-state index < -0.39 is 0 Å². The topological polar surface area (TPSA) is 43.4 Å². The van der Waals surface area contributed by atoms with Crippen molar-refractivity contribution in [1.82, 2.24) is 0 Å². The van der Waals surface area contributed by atoms with Gasteiger partial charge in [-0.15, -0.1) is 11.8 Å². The molecular weight excluding hydrogens is 332 g/mol. The number of hydrogen-bond acceptors (Lipinski definition) is 4. The van der Waals surface area contributed by atoms with Crippen LogP contribution in [0.1, 0.15) is 19.8 Å². The van der Waals surface area contributed by atoms with Crippen molar-refractivity contribution < 1.29 is 14.3 Å². The molecule has 1 atom stereocenters. The van der Waals surface area contributed by atoms with Gasteiger partial charge in [0.2, 0.25) is 0 Å². The normalized spacial score (nSPS) is 19.0. The maximum atomic E-state index is 12.5. The summed E-state index contributed by atoms with van der Waals surface area (Å²) < 4.78 is 4.35. The van der Waals surface area contributed by atoms with E-state index in [-0.39, 0.29) is 22.9 Å². The highest BCUT2D eigenvalue weighted by Crippen LogP contribution is 2.36. The van der Waals surface area contributed by atoms with E-state index in [2.05, 4.69) is 36.4 Å². The van der Waals surface area contributed by atoms with Crippen molar-refractivity contribution >= 4 is 23.5 Å². The molecule has 0 fully saturated rings. The quantitative estimate of drug-likeness (QED) is 0.527. The number of ketones is 1. The SMILES string of the molecule is C=C(CCC(=O)OC)C(=O)C1=CC=CC(C)(Sc2ccccc2)C=C1. The van der Waals surface area contributed by atoms with Crippen molar-refractivity contribution in [3.8, 4) is 0 Å². The predicted molar refractivity (Wildman–Crippen MR) is 102 cm³/mol. The molecule has 2 rings (SSSR count). The number of benzene rings is 1. The molecule has 0 amide bonds. The highest BCUT2D eigenvalue weighted by atomic mass is 32.2. The van der Waals surface area contributed by atoms with Gasteiger partial charge in [-0.3, -0.25) is 9.59 Å². The lowest BCUT2D eigenvalue weighted by Gasteiger charge is -2.20. The molecule has 4 heteroatoms. The summed E-state index contributed by atoms with van der Waals surface area (Å²) in [6.07, 6.45) is 10.1. The van der Waals surface area contributed by atoms with Crippen LogP contribution in [0.4, 0.5) is 0 Å². The third-order valence-corrected chi connectivity index (χ3v) is 5.04. The zero-order valence-corrected chi connectivity index (χ0v) is 15.3. The van der Waals surface area contributed by atoms with E-state index >= 15 is 0 Å². The summed E-state index contributed by atoms with van der Waals surface area (Å²) in [7, 11) is 1.33. The number of carbonyl (C=O) groups is 2. The van der Waals surface area contributed by atoms with Crippen LogP contribution >= 0.6 is 11.8 Å².